The second kappa shape index (κ2) is 6.31. The Morgan fingerprint density at radius 1 is 1.32 bits per heavy atom. The number of hydrogen-bond acceptors (Lipinski definition) is 3. The van der Waals surface area contributed by atoms with Crippen molar-refractivity contribution in [1.29, 1.82) is 0 Å². The van der Waals surface area contributed by atoms with Crippen LogP contribution in [0.1, 0.15) is 26.2 Å². The normalized spacial score (nSPS) is 16.2. The van der Waals surface area contributed by atoms with E-state index >= 15 is 0 Å². The highest BCUT2D eigenvalue weighted by Gasteiger charge is 2.28. The first kappa shape index (κ1) is 13.5. The first-order valence-corrected chi connectivity index (χ1v) is 6.71. The van der Waals surface area contributed by atoms with Crippen LogP contribution in [0.25, 0.3) is 0 Å². The predicted molar refractivity (Wildman–Crippen MR) is 74.6 cm³/mol. The Labute approximate surface area is 113 Å². The van der Waals surface area contributed by atoms with E-state index in [4.69, 9.17) is 0 Å². The van der Waals surface area contributed by atoms with Crippen molar-refractivity contribution in [2.75, 3.05) is 18.0 Å². The van der Waals surface area contributed by atoms with Gasteiger partial charge in [-0.3, -0.25) is 9.80 Å². The van der Waals surface area contributed by atoms with E-state index in [0.29, 0.717) is 19.5 Å². The number of carbonyl (C=O) groups excluding carboxylic acids is 1. The summed E-state index contributed by atoms with van der Waals surface area (Å²) < 4.78 is 0. The molecule has 1 aliphatic rings. The highest BCUT2D eigenvalue weighted by atomic mass is 16.3. The van der Waals surface area contributed by atoms with Crippen LogP contribution in [0, 0.1) is 4.91 Å². The molecule has 0 unspecified atom stereocenters. The van der Waals surface area contributed by atoms with Gasteiger partial charge in [-0.25, -0.2) is 0 Å². The molecule has 5 nitrogen and oxygen atoms in total. The molecule has 1 fully saturated rings. The summed E-state index contributed by atoms with van der Waals surface area (Å²) in [7, 11) is 0. The maximum absolute atomic E-state index is 12.2. The van der Waals surface area contributed by atoms with Gasteiger partial charge in [0.15, 0.2) is 0 Å². The Balaban J connectivity index is 2.15. The second-order valence-electron chi connectivity index (χ2n) is 4.72. The van der Waals surface area contributed by atoms with E-state index < -0.39 is 0 Å². The summed E-state index contributed by atoms with van der Waals surface area (Å²) in [6.07, 6.45) is 2.06. The molecule has 0 saturated carbocycles. The van der Waals surface area contributed by atoms with Crippen LogP contribution in [0.2, 0.25) is 0 Å². The molecule has 0 radical (unpaired) electrons. The number of para-hydroxylation sites is 1. The highest BCUT2D eigenvalue weighted by molar-refractivity contribution is 5.93. The summed E-state index contributed by atoms with van der Waals surface area (Å²) in [5.74, 6) is 0.128. The van der Waals surface area contributed by atoms with Crippen molar-refractivity contribution in [3.63, 3.8) is 0 Å². The third-order valence-electron chi connectivity index (χ3n) is 3.53. The van der Waals surface area contributed by atoms with Crippen molar-refractivity contribution in [2.45, 2.75) is 32.2 Å². The van der Waals surface area contributed by atoms with Gasteiger partial charge in [0, 0.05) is 31.2 Å². The molecule has 1 aromatic carbocycles. The zero-order chi connectivity index (χ0) is 13.7. The lowest BCUT2D eigenvalue weighted by Gasteiger charge is -2.36. The van der Waals surface area contributed by atoms with Crippen LogP contribution in [-0.4, -0.2) is 30.0 Å². The Morgan fingerprint density at radius 3 is 2.47 bits per heavy atom. The van der Waals surface area contributed by atoms with Gasteiger partial charge in [-0.05, 0) is 25.0 Å². The van der Waals surface area contributed by atoms with Gasteiger partial charge in [0.1, 0.15) is 0 Å². The van der Waals surface area contributed by atoms with Crippen molar-refractivity contribution in [2.24, 2.45) is 5.29 Å². The number of nitroso groups, excluding NO2 is 1. The Kier molecular flexibility index (Phi) is 4.49. The fourth-order valence-corrected chi connectivity index (χ4v) is 2.51. The van der Waals surface area contributed by atoms with Crippen LogP contribution >= 0.6 is 0 Å². The topological polar surface area (TPSA) is 53.0 Å². The lowest BCUT2D eigenvalue weighted by Crippen LogP contribution is -2.46. The third-order valence-corrected chi connectivity index (χ3v) is 3.53. The summed E-state index contributed by atoms with van der Waals surface area (Å²) >= 11 is 0. The molecule has 102 valence electrons. The minimum atomic E-state index is 0.128. The minimum Gasteiger partial charge on any atom is -0.309 e. The molecule has 0 N–H and O–H groups in total. The zero-order valence-corrected chi connectivity index (χ0v) is 11.2. The van der Waals surface area contributed by atoms with Crippen molar-refractivity contribution in [1.82, 2.24) is 5.01 Å². The van der Waals surface area contributed by atoms with Gasteiger partial charge >= 0.3 is 0 Å². The van der Waals surface area contributed by atoms with Gasteiger partial charge in [-0.2, -0.15) is 0 Å². The summed E-state index contributed by atoms with van der Waals surface area (Å²) in [5.41, 5.74) is 0.937. The first-order chi connectivity index (χ1) is 9.26. The van der Waals surface area contributed by atoms with E-state index in [1.165, 1.54) is 5.01 Å². The number of piperidine rings is 1. The van der Waals surface area contributed by atoms with Gasteiger partial charge in [0.05, 0.1) is 5.29 Å². The molecule has 0 aromatic heterocycles. The molecule has 1 heterocycles. The molecule has 19 heavy (non-hydrogen) atoms. The molecular weight excluding hydrogens is 242 g/mol. The molecule has 1 aliphatic heterocycles. The molecule has 0 spiro atoms. The number of hydrogen-bond donors (Lipinski definition) is 0. The monoisotopic (exact) mass is 261 g/mol. The number of carbonyl (C=O) groups is 1. The highest BCUT2D eigenvalue weighted by Crippen LogP contribution is 2.24. The molecular formula is C14H19N3O2. The second-order valence-corrected chi connectivity index (χ2v) is 4.72. The van der Waals surface area contributed by atoms with E-state index in [1.807, 2.05) is 42.2 Å². The molecule has 0 aliphatic carbocycles. The largest absolute Gasteiger partial charge is 0.309 e. The lowest BCUT2D eigenvalue weighted by atomic mass is 10.0. The summed E-state index contributed by atoms with van der Waals surface area (Å²) in [4.78, 5) is 24.6. The Bertz CT molecular complexity index is 428. The number of benzene rings is 1. The van der Waals surface area contributed by atoms with Crippen molar-refractivity contribution >= 4 is 11.6 Å². The Hall–Kier alpha value is -1.91. The number of anilines is 1. The van der Waals surface area contributed by atoms with Gasteiger partial charge in [-0.1, -0.05) is 25.1 Å². The number of nitrogens with zero attached hydrogens (tertiary/aromatic N) is 3. The smallest absolute Gasteiger partial charge is 0.226 e. The molecule has 1 saturated heterocycles. The lowest BCUT2D eigenvalue weighted by molar-refractivity contribution is -0.119. The van der Waals surface area contributed by atoms with Gasteiger partial charge < -0.3 is 4.90 Å². The molecule has 1 aromatic rings. The van der Waals surface area contributed by atoms with E-state index in [-0.39, 0.29) is 11.9 Å². The average Bonchev–Trinajstić information content (AvgIpc) is 2.49. The Morgan fingerprint density at radius 2 is 1.95 bits per heavy atom. The summed E-state index contributed by atoms with van der Waals surface area (Å²) in [6, 6.07) is 9.89. The minimum absolute atomic E-state index is 0.128. The van der Waals surface area contributed by atoms with Crippen molar-refractivity contribution in [3.05, 3.63) is 35.2 Å². The van der Waals surface area contributed by atoms with Crippen LogP contribution < -0.4 is 4.90 Å². The predicted octanol–water partition coefficient (Wildman–Crippen LogP) is 2.58. The quantitative estimate of drug-likeness (QED) is 0.783. The third kappa shape index (κ3) is 3.10. The molecule has 1 amide bonds. The average molecular weight is 261 g/mol. The van der Waals surface area contributed by atoms with Gasteiger partial charge in [0.25, 0.3) is 0 Å². The molecule has 5 heteroatoms. The summed E-state index contributed by atoms with van der Waals surface area (Å²) in [5, 5.41) is 4.48. The van der Waals surface area contributed by atoms with E-state index in [0.717, 1.165) is 18.5 Å². The van der Waals surface area contributed by atoms with E-state index in [2.05, 4.69) is 5.29 Å². The van der Waals surface area contributed by atoms with Gasteiger partial charge in [-0.15, -0.1) is 4.91 Å². The maximum Gasteiger partial charge on any atom is 0.226 e. The SMILES string of the molecule is CCC(=O)N(c1ccccc1)C1CCN(N=O)CC1. The fraction of sp³-hybridized carbons (Fsp3) is 0.500. The van der Waals surface area contributed by atoms with Crippen LogP contribution in [0.5, 0.6) is 0 Å². The first-order valence-electron chi connectivity index (χ1n) is 6.71. The van der Waals surface area contributed by atoms with Crippen LogP contribution in [-0.2, 0) is 4.79 Å². The standard InChI is InChI=1S/C14H19N3O2/c1-2-14(18)17(12-6-4-3-5-7-12)13-8-10-16(15-19)11-9-13/h3-7,13H,2,8-11H2,1H3. The van der Waals surface area contributed by atoms with Crippen LogP contribution in [0.3, 0.4) is 0 Å². The molecule has 0 atom stereocenters. The van der Waals surface area contributed by atoms with E-state index in [1.54, 1.807) is 0 Å². The maximum atomic E-state index is 12.2. The van der Waals surface area contributed by atoms with Crippen molar-refractivity contribution in [3.8, 4) is 0 Å². The van der Waals surface area contributed by atoms with E-state index in [9.17, 15) is 9.70 Å². The number of amides is 1. The summed E-state index contributed by atoms with van der Waals surface area (Å²) in [6.45, 7) is 3.11. The van der Waals surface area contributed by atoms with Crippen LogP contribution in [0.15, 0.2) is 35.6 Å². The van der Waals surface area contributed by atoms with Crippen molar-refractivity contribution < 1.29 is 4.79 Å². The van der Waals surface area contributed by atoms with Crippen LogP contribution in [0.4, 0.5) is 5.69 Å². The molecule has 2 rings (SSSR count). The zero-order valence-electron chi connectivity index (χ0n) is 11.2. The van der Waals surface area contributed by atoms with Gasteiger partial charge in [0.2, 0.25) is 5.91 Å². The number of rotatable bonds is 4. The fourth-order valence-electron chi connectivity index (χ4n) is 2.51. The molecule has 0 bridgehead atoms.